The standard InChI is InChI=1S/C16H15FN2O4/c1-18-14(20)13-7-11(16(22)23-2)9-19(15(13)21)8-10-3-5-12(17)6-4-10/h3-7,9H,8H2,1-2H3,(H,18,20). The van der Waals surface area contributed by atoms with Gasteiger partial charge in [-0.3, -0.25) is 9.59 Å². The molecule has 1 aromatic carbocycles. The third-order valence-corrected chi connectivity index (χ3v) is 3.24. The van der Waals surface area contributed by atoms with Crippen molar-refractivity contribution in [2.24, 2.45) is 0 Å². The molecule has 1 aromatic heterocycles. The lowest BCUT2D eigenvalue weighted by molar-refractivity contribution is 0.0599. The molecule has 0 aliphatic carbocycles. The highest BCUT2D eigenvalue weighted by atomic mass is 19.1. The van der Waals surface area contributed by atoms with Crippen molar-refractivity contribution in [3.63, 3.8) is 0 Å². The van der Waals surface area contributed by atoms with Crippen molar-refractivity contribution < 1.29 is 18.7 Å². The molecule has 23 heavy (non-hydrogen) atoms. The molecule has 7 heteroatoms. The zero-order valence-corrected chi connectivity index (χ0v) is 12.6. The molecule has 1 heterocycles. The molecule has 6 nitrogen and oxygen atoms in total. The summed E-state index contributed by atoms with van der Waals surface area (Å²) >= 11 is 0. The van der Waals surface area contributed by atoms with E-state index < -0.39 is 23.3 Å². The van der Waals surface area contributed by atoms with Crippen LogP contribution in [0.25, 0.3) is 0 Å². The van der Waals surface area contributed by atoms with Crippen molar-refractivity contribution in [3.05, 3.63) is 69.4 Å². The number of nitrogens with zero attached hydrogens (tertiary/aromatic N) is 1. The topological polar surface area (TPSA) is 77.4 Å². The number of benzene rings is 1. The summed E-state index contributed by atoms with van der Waals surface area (Å²) in [5.41, 5.74) is 0.00465. The number of aromatic nitrogens is 1. The second kappa shape index (κ2) is 6.87. The van der Waals surface area contributed by atoms with Crippen molar-refractivity contribution in [1.82, 2.24) is 9.88 Å². The molecule has 0 saturated heterocycles. The van der Waals surface area contributed by atoms with Crippen molar-refractivity contribution in [2.75, 3.05) is 14.2 Å². The number of hydrogen-bond acceptors (Lipinski definition) is 4. The van der Waals surface area contributed by atoms with Crippen LogP contribution in [0.5, 0.6) is 0 Å². The lowest BCUT2D eigenvalue weighted by atomic mass is 10.1. The van der Waals surface area contributed by atoms with Gasteiger partial charge in [-0.15, -0.1) is 0 Å². The Morgan fingerprint density at radius 1 is 1.26 bits per heavy atom. The van der Waals surface area contributed by atoms with Crippen LogP contribution < -0.4 is 10.9 Å². The second-order valence-electron chi connectivity index (χ2n) is 4.77. The minimum Gasteiger partial charge on any atom is -0.465 e. The molecule has 0 radical (unpaired) electrons. The Kier molecular flexibility index (Phi) is 4.90. The van der Waals surface area contributed by atoms with Crippen molar-refractivity contribution in [3.8, 4) is 0 Å². The third kappa shape index (κ3) is 3.63. The second-order valence-corrected chi connectivity index (χ2v) is 4.77. The summed E-state index contributed by atoms with van der Waals surface area (Å²) in [7, 11) is 2.59. The number of pyridine rings is 1. The minimum absolute atomic E-state index is 0.0767. The molecular formula is C16H15FN2O4. The van der Waals surface area contributed by atoms with Gasteiger partial charge in [-0.25, -0.2) is 9.18 Å². The van der Waals surface area contributed by atoms with Gasteiger partial charge in [-0.1, -0.05) is 12.1 Å². The van der Waals surface area contributed by atoms with Crippen LogP contribution in [0.1, 0.15) is 26.3 Å². The van der Waals surface area contributed by atoms with Crippen LogP contribution in [-0.2, 0) is 11.3 Å². The van der Waals surface area contributed by atoms with Crippen LogP contribution in [0.3, 0.4) is 0 Å². The number of nitrogens with one attached hydrogen (secondary N) is 1. The SMILES string of the molecule is CNC(=O)c1cc(C(=O)OC)cn(Cc2ccc(F)cc2)c1=O. The van der Waals surface area contributed by atoms with Gasteiger partial charge in [0.25, 0.3) is 11.5 Å². The molecule has 0 atom stereocenters. The molecule has 0 aliphatic rings. The van der Waals surface area contributed by atoms with Gasteiger partial charge in [0.2, 0.25) is 0 Å². The molecule has 0 aliphatic heterocycles. The molecule has 2 rings (SSSR count). The van der Waals surface area contributed by atoms with Gasteiger partial charge in [-0.05, 0) is 23.8 Å². The van der Waals surface area contributed by atoms with Gasteiger partial charge in [0.05, 0.1) is 19.2 Å². The maximum Gasteiger partial charge on any atom is 0.339 e. The van der Waals surface area contributed by atoms with E-state index >= 15 is 0 Å². The lowest BCUT2D eigenvalue weighted by Crippen LogP contribution is -2.32. The van der Waals surface area contributed by atoms with E-state index in [1.165, 1.54) is 55.3 Å². The van der Waals surface area contributed by atoms with E-state index in [0.717, 1.165) is 0 Å². The average molecular weight is 318 g/mol. The number of esters is 1. The predicted octanol–water partition coefficient (Wildman–Crippen LogP) is 1.18. The summed E-state index contributed by atoms with van der Waals surface area (Å²) in [6, 6.07) is 6.76. The molecule has 1 amide bonds. The van der Waals surface area contributed by atoms with Crippen LogP contribution in [0.15, 0.2) is 41.3 Å². The number of carbonyl (C=O) groups excluding carboxylic acids is 2. The van der Waals surface area contributed by atoms with Gasteiger partial charge in [0.1, 0.15) is 11.4 Å². The molecule has 2 aromatic rings. The number of halogens is 1. The van der Waals surface area contributed by atoms with Crippen LogP contribution in [-0.4, -0.2) is 30.6 Å². The number of methoxy groups -OCH3 is 1. The van der Waals surface area contributed by atoms with Gasteiger partial charge in [0, 0.05) is 13.2 Å². The smallest absolute Gasteiger partial charge is 0.339 e. The maximum absolute atomic E-state index is 13.0. The predicted molar refractivity (Wildman–Crippen MR) is 80.9 cm³/mol. The molecule has 0 spiro atoms. The van der Waals surface area contributed by atoms with Gasteiger partial charge < -0.3 is 14.6 Å². The van der Waals surface area contributed by atoms with Crippen molar-refractivity contribution in [1.29, 1.82) is 0 Å². The highest BCUT2D eigenvalue weighted by Crippen LogP contribution is 2.08. The number of ether oxygens (including phenoxy) is 1. The minimum atomic E-state index is -0.664. The largest absolute Gasteiger partial charge is 0.465 e. The summed E-state index contributed by atoms with van der Waals surface area (Å²) in [6.07, 6.45) is 1.31. The van der Waals surface area contributed by atoms with Crippen LogP contribution >= 0.6 is 0 Å². The van der Waals surface area contributed by atoms with Crippen LogP contribution in [0.2, 0.25) is 0 Å². The average Bonchev–Trinajstić information content (AvgIpc) is 2.57. The van der Waals surface area contributed by atoms with Crippen molar-refractivity contribution >= 4 is 11.9 Å². The fraction of sp³-hybridized carbons (Fsp3) is 0.188. The van der Waals surface area contributed by atoms with Gasteiger partial charge >= 0.3 is 5.97 Å². The highest BCUT2D eigenvalue weighted by molar-refractivity contribution is 5.97. The van der Waals surface area contributed by atoms with Crippen LogP contribution in [0, 0.1) is 5.82 Å². The summed E-state index contributed by atoms with van der Waals surface area (Å²) < 4.78 is 18.8. The monoisotopic (exact) mass is 318 g/mol. The van der Waals surface area contributed by atoms with E-state index in [4.69, 9.17) is 0 Å². The Morgan fingerprint density at radius 2 is 1.91 bits per heavy atom. The summed E-state index contributed by atoms with van der Waals surface area (Å²) in [4.78, 5) is 35.9. The van der Waals surface area contributed by atoms with E-state index in [9.17, 15) is 18.8 Å². The first-order valence-corrected chi connectivity index (χ1v) is 6.75. The number of rotatable bonds is 4. The maximum atomic E-state index is 13.0. The summed E-state index contributed by atoms with van der Waals surface area (Å²) in [6.45, 7) is 0.0912. The van der Waals surface area contributed by atoms with Gasteiger partial charge in [-0.2, -0.15) is 0 Å². The molecule has 0 unspecified atom stereocenters. The molecule has 0 bridgehead atoms. The normalized spacial score (nSPS) is 10.2. The Hall–Kier alpha value is -2.96. The Balaban J connectivity index is 2.52. The quantitative estimate of drug-likeness (QED) is 0.859. The Labute approximate surface area is 131 Å². The fourth-order valence-electron chi connectivity index (χ4n) is 2.07. The highest BCUT2D eigenvalue weighted by Gasteiger charge is 2.17. The molecule has 120 valence electrons. The number of amides is 1. The van der Waals surface area contributed by atoms with Crippen LogP contribution in [0.4, 0.5) is 4.39 Å². The molecular weight excluding hydrogens is 303 g/mol. The van der Waals surface area contributed by atoms with E-state index in [2.05, 4.69) is 10.1 Å². The van der Waals surface area contributed by atoms with Gasteiger partial charge in [0.15, 0.2) is 0 Å². The van der Waals surface area contributed by atoms with E-state index in [-0.39, 0.29) is 17.7 Å². The summed E-state index contributed by atoms with van der Waals surface area (Å²) in [5, 5.41) is 2.35. The zero-order chi connectivity index (χ0) is 17.0. The Morgan fingerprint density at radius 3 is 2.48 bits per heavy atom. The first kappa shape index (κ1) is 16.4. The lowest BCUT2D eigenvalue weighted by Gasteiger charge is -2.10. The zero-order valence-electron chi connectivity index (χ0n) is 12.6. The number of carbonyl (C=O) groups is 2. The van der Waals surface area contributed by atoms with E-state index in [0.29, 0.717) is 5.56 Å². The molecule has 0 fully saturated rings. The summed E-state index contributed by atoms with van der Waals surface area (Å²) in [5.74, 6) is -1.66. The van der Waals surface area contributed by atoms with Crippen molar-refractivity contribution in [2.45, 2.75) is 6.54 Å². The van der Waals surface area contributed by atoms with E-state index in [1.54, 1.807) is 0 Å². The Bertz CT molecular complexity index is 797. The fourth-order valence-corrected chi connectivity index (χ4v) is 2.07. The number of hydrogen-bond donors (Lipinski definition) is 1. The molecule has 0 saturated carbocycles. The first-order valence-electron chi connectivity index (χ1n) is 6.75. The first-order chi connectivity index (χ1) is 11.0. The van der Waals surface area contributed by atoms with E-state index in [1.807, 2.05) is 0 Å². The molecule has 1 N–H and O–H groups in total. The third-order valence-electron chi connectivity index (χ3n) is 3.24.